The quantitative estimate of drug-likeness (QED) is 0.713. The molecule has 1 aromatic carbocycles. The second-order valence-corrected chi connectivity index (χ2v) is 8.40. The number of aromatic nitrogens is 2. The average Bonchev–Trinajstić information content (AvgIpc) is 3.20. The summed E-state index contributed by atoms with van der Waals surface area (Å²) in [6.45, 7) is 0.373. The number of hydrogen-bond donors (Lipinski definition) is 2. The van der Waals surface area contributed by atoms with E-state index in [4.69, 9.17) is 4.74 Å². The van der Waals surface area contributed by atoms with Crippen LogP contribution >= 0.6 is 0 Å². The lowest BCUT2D eigenvalue weighted by molar-refractivity contribution is -0.144. The number of ether oxygens (including phenoxy) is 1. The normalized spacial score (nSPS) is 18.7. The summed E-state index contributed by atoms with van der Waals surface area (Å²) in [5, 5.41) is 10.1. The molecule has 26 heavy (non-hydrogen) atoms. The lowest BCUT2D eigenvalue weighted by atomic mass is 10.2. The number of carbonyl (C=O) groups is 2. The van der Waals surface area contributed by atoms with Gasteiger partial charge in [0.15, 0.2) is 9.84 Å². The number of H-pyrrole nitrogens is 1. The van der Waals surface area contributed by atoms with Gasteiger partial charge >= 0.3 is 11.8 Å². The number of carbonyl (C=O) groups excluding carboxylic acids is 2. The topological polar surface area (TPSA) is 121 Å². The molecule has 1 aromatic heterocycles. The van der Waals surface area contributed by atoms with Gasteiger partial charge in [-0.2, -0.15) is 5.10 Å². The molecule has 1 atom stereocenters. The zero-order valence-corrected chi connectivity index (χ0v) is 15.1. The largest absolute Gasteiger partial charge is 0.383 e. The number of nitrogens with zero attached hydrogens (tertiary/aromatic N) is 2. The van der Waals surface area contributed by atoms with Crippen LogP contribution in [-0.2, 0) is 24.2 Å². The molecule has 3 rings (SSSR count). The van der Waals surface area contributed by atoms with Crippen LogP contribution in [0.1, 0.15) is 6.42 Å². The van der Waals surface area contributed by atoms with Crippen LogP contribution in [0.4, 0.5) is 5.69 Å². The van der Waals surface area contributed by atoms with Crippen LogP contribution in [0.3, 0.4) is 0 Å². The van der Waals surface area contributed by atoms with Gasteiger partial charge in [0.05, 0.1) is 29.8 Å². The van der Waals surface area contributed by atoms with Crippen molar-refractivity contribution in [2.75, 3.05) is 37.1 Å². The number of anilines is 1. The molecular weight excluding hydrogens is 360 g/mol. The molecule has 1 fully saturated rings. The van der Waals surface area contributed by atoms with E-state index in [1.54, 1.807) is 24.4 Å². The van der Waals surface area contributed by atoms with Gasteiger partial charge in [-0.1, -0.05) is 0 Å². The predicted octanol–water partition coefficient (Wildman–Crippen LogP) is 0.163. The Hall–Kier alpha value is -2.46. The first-order valence-corrected chi connectivity index (χ1v) is 9.96. The van der Waals surface area contributed by atoms with Crippen molar-refractivity contribution in [1.29, 1.82) is 0 Å². The zero-order valence-electron chi connectivity index (χ0n) is 14.3. The molecule has 0 radical (unpaired) electrons. The molecule has 0 saturated carbocycles. The molecule has 9 nitrogen and oxygen atoms in total. The molecule has 1 aliphatic rings. The van der Waals surface area contributed by atoms with Crippen LogP contribution in [0, 0.1) is 0 Å². The van der Waals surface area contributed by atoms with Gasteiger partial charge in [0, 0.05) is 30.8 Å². The number of rotatable bonds is 5. The highest BCUT2D eigenvalue weighted by Gasteiger charge is 2.36. The van der Waals surface area contributed by atoms with E-state index in [1.807, 2.05) is 0 Å². The molecule has 0 aliphatic carbocycles. The van der Waals surface area contributed by atoms with Crippen molar-refractivity contribution in [1.82, 2.24) is 15.1 Å². The molecule has 1 aliphatic heterocycles. The zero-order chi connectivity index (χ0) is 18.7. The summed E-state index contributed by atoms with van der Waals surface area (Å²) >= 11 is 0. The van der Waals surface area contributed by atoms with Crippen molar-refractivity contribution >= 4 is 38.2 Å². The number of hydrogen-bond acceptors (Lipinski definition) is 6. The van der Waals surface area contributed by atoms with E-state index in [0.29, 0.717) is 12.1 Å². The third kappa shape index (κ3) is 4.02. The van der Waals surface area contributed by atoms with E-state index in [0.717, 1.165) is 10.9 Å². The van der Waals surface area contributed by atoms with E-state index >= 15 is 0 Å². The van der Waals surface area contributed by atoms with Crippen LogP contribution in [0.5, 0.6) is 0 Å². The molecule has 0 spiro atoms. The molecule has 1 unspecified atom stereocenters. The Labute approximate surface area is 150 Å². The molecule has 2 aromatic rings. The summed E-state index contributed by atoms with van der Waals surface area (Å²) in [6.07, 6.45) is 1.98. The molecule has 1 saturated heterocycles. The average molecular weight is 380 g/mol. The number of benzene rings is 1. The predicted molar refractivity (Wildman–Crippen MR) is 95.4 cm³/mol. The van der Waals surface area contributed by atoms with Crippen LogP contribution in [0.2, 0.25) is 0 Å². The lowest BCUT2D eigenvalue weighted by Crippen LogP contribution is -2.47. The first kappa shape index (κ1) is 18.3. The van der Waals surface area contributed by atoms with Crippen molar-refractivity contribution in [2.45, 2.75) is 12.5 Å². The highest BCUT2D eigenvalue weighted by molar-refractivity contribution is 7.91. The first-order valence-electron chi connectivity index (χ1n) is 8.14. The highest BCUT2D eigenvalue weighted by Crippen LogP contribution is 2.19. The molecule has 2 heterocycles. The number of nitrogens with one attached hydrogen (secondary N) is 2. The minimum atomic E-state index is -3.18. The molecule has 2 amide bonds. The maximum absolute atomic E-state index is 12.6. The van der Waals surface area contributed by atoms with Crippen LogP contribution in [0.25, 0.3) is 10.9 Å². The number of fused-ring (bicyclic) bond motifs is 1. The Balaban J connectivity index is 1.73. The smallest absolute Gasteiger partial charge is 0.313 e. The highest BCUT2D eigenvalue weighted by atomic mass is 32.2. The van der Waals surface area contributed by atoms with Crippen LogP contribution in [-0.4, -0.2) is 73.1 Å². The number of amides is 2. The summed E-state index contributed by atoms with van der Waals surface area (Å²) in [5.74, 6) is -1.69. The first-order chi connectivity index (χ1) is 12.4. The fraction of sp³-hybridized carbons (Fsp3) is 0.438. The van der Waals surface area contributed by atoms with Crippen molar-refractivity contribution in [3.05, 3.63) is 24.4 Å². The minimum absolute atomic E-state index is 0.0204. The summed E-state index contributed by atoms with van der Waals surface area (Å²) < 4.78 is 28.4. The summed E-state index contributed by atoms with van der Waals surface area (Å²) in [6, 6.07) is 4.60. The van der Waals surface area contributed by atoms with E-state index in [2.05, 4.69) is 15.5 Å². The van der Waals surface area contributed by atoms with Gasteiger partial charge < -0.3 is 15.0 Å². The van der Waals surface area contributed by atoms with E-state index in [1.165, 1.54) is 12.0 Å². The van der Waals surface area contributed by atoms with Gasteiger partial charge in [-0.25, -0.2) is 8.42 Å². The number of methoxy groups -OCH3 is 1. The van der Waals surface area contributed by atoms with Crippen molar-refractivity contribution < 1.29 is 22.7 Å². The fourth-order valence-corrected chi connectivity index (χ4v) is 4.72. The molecule has 10 heteroatoms. The maximum Gasteiger partial charge on any atom is 0.313 e. The van der Waals surface area contributed by atoms with Crippen LogP contribution < -0.4 is 5.32 Å². The van der Waals surface area contributed by atoms with Crippen LogP contribution in [0.15, 0.2) is 24.4 Å². The third-order valence-corrected chi connectivity index (χ3v) is 6.09. The summed E-state index contributed by atoms with van der Waals surface area (Å²) in [7, 11) is -1.70. The Bertz CT molecular complexity index is 924. The lowest BCUT2D eigenvalue weighted by Gasteiger charge is -2.27. The minimum Gasteiger partial charge on any atom is -0.383 e. The van der Waals surface area contributed by atoms with Crippen molar-refractivity contribution in [3.63, 3.8) is 0 Å². The van der Waals surface area contributed by atoms with Gasteiger partial charge in [0.25, 0.3) is 0 Å². The Kier molecular flexibility index (Phi) is 5.23. The van der Waals surface area contributed by atoms with Gasteiger partial charge in [-0.3, -0.25) is 14.7 Å². The number of aromatic amines is 1. The van der Waals surface area contributed by atoms with E-state index in [-0.39, 0.29) is 24.7 Å². The SMILES string of the molecule is COCCN(C(=O)C(=O)Nc1ccc2cn[nH]c2c1)C1CCS(=O)(=O)C1. The fourth-order valence-electron chi connectivity index (χ4n) is 2.99. The number of sulfone groups is 1. The molecule has 2 N–H and O–H groups in total. The van der Waals surface area contributed by atoms with Crippen molar-refractivity contribution in [2.24, 2.45) is 0 Å². The van der Waals surface area contributed by atoms with Crippen molar-refractivity contribution in [3.8, 4) is 0 Å². The van der Waals surface area contributed by atoms with Gasteiger partial charge in [0.2, 0.25) is 0 Å². The molecule has 0 bridgehead atoms. The summed E-state index contributed by atoms with van der Waals surface area (Å²) in [5.41, 5.74) is 1.18. The van der Waals surface area contributed by atoms with E-state index in [9.17, 15) is 18.0 Å². The Morgan fingerprint density at radius 1 is 1.42 bits per heavy atom. The monoisotopic (exact) mass is 380 g/mol. The Morgan fingerprint density at radius 3 is 2.92 bits per heavy atom. The third-order valence-electron chi connectivity index (χ3n) is 4.34. The van der Waals surface area contributed by atoms with E-state index < -0.39 is 27.7 Å². The van der Waals surface area contributed by atoms with Gasteiger partial charge in [-0.05, 0) is 24.6 Å². The molecule has 140 valence electrons. The molecular formula is C16H20N4O5S. The van der Waals surface area contributed by atoms with Gasteiger partial charge in [0.1, 0.15) is 0 Å². The Morgan fingerprint density at radius 2 is 2.23 bits per heavy atom. The maximum atomic E-state index is 12.6. The second kappa shape index (κ2) is 7.42. The van der Waals surface area contributed by atoms with Gasteiger partial charge in [-0.15, -0.1) is 0 Å². The summed E-state index contributed by atoms with van der Waals surface area (Å²) in [4.78, 5) is 26.3. The second-order valence-electron chi connectivity index (χ2n) is 6.17. The standard InChI is InChI=1S/C16H20N4O5S/c1-25-6-5-20(13-4-7-26(23,24)10-13)16(22)15(21)18-12-3-2-11-9-17-19-14(11)8-12/h2-3,8-9,13H,4-7,10H2,1H3,(H,17,19)(H,18,21).